The Bertz CT molecular complexity index is 885. The number of halogens is 1. The van der Waals surface area contributed by atoms with E-state index in [0.717, 1.165) is 35.4 Å². The second-order valence-electron chi connectivity index (χ2n) is 5.64. The lowest BCUT2D eigenvalue weighted by molar-refractivity contribution is -0.116. The highest BCUT2D eigenvalue weighted by molar-refractivity contribution is 7.15. The zero-order valence-corrected chi connectivity index (χ0v) is 14.3. The van der Waals surface area contributed by atoms with Crippen LogP contribution in [0.5, 0.6) is 0 Å². The average molecular weight is 363 g/mol. The van der Waals surface area contributed by atoms with Crippen molar-refractivity contribution in [2.45, 2.75) is 25.5 Å². The van der Waals surface area contributed by atoms with Gasteiger partial charge in [0.15, 0.2) is 0 Å². The minimum atomic E-state index is -0.141. The summed E-state index contributed by atoms with van der Waals surface area (Å²) in [5.41, 5.74) is 0.965. The molecular formula is C16H15ClN4O2S. The molecule has 0 spiro atoms. The fourth-order valence-corrected chi connectivity index (χ4v) is 3.83. The molecule has 1 aliphatic rings. The highest BCUT2D eigenvalue weighted by Gasteiger charge is 2.22. The SMILES string of the molecule is O=C(Cn1ccc2cc(Cl)ccc21)Nc1nnc(C2CCCO2)s1. The Kier molecular flexibility index (Phi) is 4.22. The van der Waals surface area contributed by atoms with E-state index in [1.54, 1.807) is 0 Å². The van der Waals surface area contributed by atoms with E-state index in [4.69, 9.17) is 16.3 Å². The van der Waals surface area contributed by atoms with Gasteiger partial charge in [-0.15, -0.1) is 10.2 Å². The maximum Gasteiger partial charge on any atom is 0.246 e. The van der Waals surface area contributed by atoms with Gasteiger partial charge in [0.2, 0.25) is 11.0 Å². The van der Waals surface area contributed by atoms with Crippen LogP contribution in [0.15, 0.2) is 30.5 Å². The monoisotopic (exact) mass is 362 g/mol. The molecule has 0 radical (unpaired) electrons. The topological polar surface area (TPSA) is 69.0 Å². The molecule has 1 saturated heterocycles. The molecule has 8 heteroatoms. The number of hydrogen-bond acceptors (Lipinski definition) is 5. The third-order valence-corrected chi connectivity index (χ3v) is 5.10. The number of ether oxygens (including phenoxy) is 1. The molecule has 0 bridgehead atoms. The number of benzene rings is 1. The highest BCUT2D eigenvalue weighted by atomic mass is 35.5. The lowest BCUT2D eigenvalue weighted by Crippen LogP contribution is -2.18. The fraction of sp³-hybridized carbons (Fsp3) is 0.312. The van der Waals surface area contributed by atoms with Crippen LogP contribution in [0, 0.1) is 0 Å². The summed E-state index contributed by atoms with van der Waals surface area (Å²) in [4.78, 5) is 12.3. The summed E-state index contributed by atoms with van der Waals surface area (Å²) in [5.74, 6) is -0.141. The summed E-state index contributed by atoms with van der Waals surface area (Å²) >= 11 is 7.36. The quantitative estimate of drug-likeness (QED) is 0.769. The molecule has 3 heterocycles. The van der Waals surface area contributed by atoms with Crippen molar-refractivity contribution in [2.75, 3.05) is 11.9 Å². The Balaban J connectivity index is 1.44. The van der Waals surface area contributed by atoms with Gasteiger partial charge in [0.25, 0.3) is 0 Å². The van der Waals surface area contributed by atoms with Crippen LogP contribution in [-0.2, 0) is 16.1 Å². The van der Waals surface area contributed by atoms with E-state index in [-0.39, 0.29) is 18.6 Å². The maximum absolute atomic E-state index is 12.3. The number of hydrogen-bond donors (Lipinski definition) is 1. The molecule has 24 heavy (non-hydrogen) atoms. The van der Waals surface area contributed by atoms with Gasteiger partial charge >= 0.3 is 0 Å². The van der Waals surface area contributed by atoms with E-state index in [0.29, 0.717) is 10.2 Å². The maximum atomic E-state index is 12.3. The minimum absolute atomic E-state index is 0.0197. The molecule has 3 aromatic rings. The van der Waals surface area contributed by atoms with Crippen LogP contribution < -0.4 is 5.32 Å². The second-order valence-corrected chi connectivity index (χ2v) is 7.09. The van der Waals surface area contributed by atoms with Gasteiger partial charge < -0.3 is 9.30 Å². The van der Waals surface area contributed by atoms with Crippen molar-refractivity contribution in [1.29, 1.82) is 0 Å². The van der Waals surface area contributed by atoms with Gasteiger partial charge in [-0.1, -0.05) is 22.9 Å². The smallest absolute Gasteiger partial charge is 0.246 e. The summed E-state index contributed by atoms with van der Waals surface area (Å²) in [5, 5.41) is 14.0. The van der Waals surface area contributed by atoms with Crippen LogP contribution in [0.25, 0.3) is 10.9 Å². The lowest BCUT2D eigenvalue weighted by atomic mass is 10.2. The van der Waals surface area contributed by atoms with Gasteiger partial charge in [0, 0.05) is 28.7 Å². The number of carbonyl (C=O) groups excluding carboxylic acids is 1. The molecule has 1 amide bonds. The second kappa shape index (κ2) is 6.51. The molecule has 124 valence electrons. The Hall–Kier alpha value is -1.96. The third kappa shape index (κ3) is 3.15. The summed E-state index contributed by atoms with van der Waals surface area (Å²) < 4.78 is 7.46. The van der Waals surface area contributed by atoms with Crippen molar-refractivity contribution in [3.8, 4) is 0 Å². The normalized spacial score (nSPS) is 17.5. The van der Waals surface area contributed by atoms with E-state index < -0.39 is 0 Å². The van der Waals surface area contributed by atoms with Gasteiger partial charge in [-0.3, -0.25) is 10.1 Å². The number of nitrogens with one attached hydrogen (secondary N) is 1. The van der Waals surface area contributed by atoms with Crippen LogP contribution in [0.3, 0.4) is 0 Å². The average Bonchev–Trinajstić information content (AvgIpc) is 3.27. The van der Waals surface area contributed by atoms with Crippen molar-refractivity contribution < 1.29 is 9.53 Å². The van der Waals surface area contributed by atoms with E-state index >= 15 is 0 Å². The Morgan fingerprint density at radius 1 is 1.42 bits per heavy atom. The molecule has 0 saturated carbocycles. The zero-order chi connectivity index (χ0) is 16.5. The predicted molar refractivity (Wildman–Crippen MR) is 93.4 cm³/mol. The van der Waals surface area contributed by atoms with Crippen LogP contribution >= 0.6 is 22.9 Å². The largest absolute Gasteiger partial charge is 0.371 e. The molecule has 1 unspecified atom stereocenters. The first-order valence-electron chi connectivity index (χ1n) is 7.68. The zero-order valence-electron chi connectivity index (χ0n) is 12.7. The lowest BCUT2D eigenvalue weighted by Gasteiger charge is -2.05. The number of amides is 1. The van der Waals surface area contributed by atoms with Crippen molar-refractivity contribution >= 4 is 44.9 Å². The number of fused-ring (bicyclic) bond motifs is 1. The minimum Gasteiger partial charge on any atom is -0.371 e. The van der Waals surface area contributed by atoms with Crippen LogP contribution in [0.4, 0.5) is 5.13 Å². The van der Waals surface area contributed by atoms with E-state index in [1.165, 1.54) is 11.3 Å². The van der Waals surface area contributed by atoms with Crippen LogP contribution in [0.2, 0.25) is 5.02 Å². The molecule has 0 aliphatic carbocycles. The van der Waals surface area contributed by atoms with Gasteiger partial charge in [-0.25, -0.2) is 0 Å². The summed E-state index contributed by atoms with van der Waals surface area (Å²) in [7, 11) is 0. The first kappa shape index (κ1) is 15.6. The van der Waals surface area contributed by atoms with Crippen molar-refractivity contribution in [3.05, 3.63) is 40.5 Å². The van der Waals surface area contributed by atoms with Crippen LogP contribution in [0.1, 0.15) is 24.0 Å². The molecule has 2 aromatic heterocycles. The Labute approximate surface area is 147 Å². The highest BCUT2D eigenvalue weighted by Crippen LogP contribution is 2.31. The number of aromatic nitrogens is 3. The summed E-state index contributed by atoms with van der Waals surface area (Å²) in [6, 6.07) is 7.54. The fourth-order valence-electron chi connectivity index (χ4n) is 2.81. The number of rotatable bonds is 4. The molecule has 4 rings (SSSR count). The van der Waals surface area contributed by atoms with Gasteiger partial charge in [0.05, 0.1) is 0 Å². The van der Waals surface area contributed by atoms with E-state index in [9.17, 15) is 4.79 Å². The van der Waals surface area contributed by atoms with Gasteiger partial charge in [-0.05, 0) is 37.1 Å². The van der Waals surface area contributed by atoms with Crippen LogP contribution in [-0.4, -0.2) is 27.3 Å². The van der Waals surface area contributed by atoms with E-state index in [2.05, 4.69) is 15.5 Å². The van der Waals surface area contributed by atoms with Gasteiger partial charge in [-0.2, -0.15) is 0 Å². The summed E-state index contributed by atoms with van der Waals surface area (Å²) in [6.45, 7) is 0.969. The van der Waals surface area contributed by atoms with Crippen molar-refractivity contribution in [2.24, 2.45) is 0 Å². The molecular weight excluding hydrogens is 348 g/mol. The van der Waals surface area contributed by atoms with Crippen molar-refractivity contribution in [1.82, 2.24) is 14.8 Å². The summed E-state index contributed by atoms with van der Waals surface area (Å²) in [6.07, 6.45) is 3.89. The molecule has 1 atom stereocenters. The standard InChI is InChI=1S/C16H15ClN4O2S/c17-11-3-4-12-10(8-11)5-6-21(12)9-14(22)18-16-20-19-15(24-16)13-2-1-7-23-13/h3-6,8,13H,1-2,7,9H2,(H,18,20,22). The molecule has 1 aromatic carbocycles. The number of anilines is 1. The number of nitrogens with zero attached hydrogens (tertiary/aromatic N) is 3. The first-order valence-corrected chi connectivity index (χ1v) is 8.88. The molecule has 1 fully saturated rings. The molecule has 1 aliphatic heterocycles. The van der Waals surface area contributed by atoms with Crippen molar-refractivity contribution in [3.63, 3.8) is 0 Å². The predicted octanol–water partition coefficient (Wildman–Crippen LogP) is 3.64. The number of carbonyl (C=O) groups is 1. The molecule has 6 nitrogen and oxygen atoms in total. The Morgan fingerprint density at radius 3 is 3.17 bits per heavy atom. The van der Waals surface area contributed by atoms with E-state index in [1.807, 2.05) is 35.0 Å². The third-order valence-electron chi connectivity index (χ3n) is 3.94. The Morgan fingerprint density at radius 2 is 2.33 bits per heavy atom. The first-order chi connectivity index (χ1) is 11.7. The molecule has 1 N–H and O–H groups in total. The van der Waals surface area contributed by atoms with Gasteiger partial charge in [0.1, 0.15) is 17.7 Å².